The second-order valence-electron chi connectivity index (χ2n) is 8.22. The van der Waals surface area contributed by atoms with Gasteiger partial charge in [-0.3, -0.25) is 5.41 Å². The molecule has 0 radical (unpaired) electrons. The number of nitrogens with two attached hydrogens (primary N) is 1. The molecule has 32 heavy (non-hydrogen) atoms. The smallest absolute Gasteiger partial charge is 0.333 e. The molecular weight excluding hydrogens is 410 g/mol. The van der Waals surface area contributed by atoms with Gasteiger partial charge in [-0.05, 0) is 81.5 Å². The third kappa shape index (κ3) is 5.50. The molecule has 1 fully saturated rings. The Morgan fingerprint density at radius 2 is 1.78 bits per heavy atom. The highest BCUT2D eigenvalue weighted by Crippen LogP contribution is 2.34. The van der Waals surface area contributed by atoms with Gasteiger partial charge in [-0.2, -0.15) is 0 Å². The summed E-state index contributed by atoms with van der Waals surface area (Å²) in [6.07, 6.45) is 2.54. The van der Waals surface area contributed by atoms with E-state index in [2.05, 4.69) is 5.32 Å². The lowest BCUT2D eigenvalue weighted by Crippen LogP contribution is -2.40. The summed E-state index contributed by atoms with van der Waals surface area (Å²) in [5.74, 6) is -0.0573. The average molecular weight is 442 g/mol. The van der Waals surface area contributed by atoms with Crippen LogP contribution in [0.2, 0.25) is 0 Å². The number of carboxylic acid groups (broad SMARTS) is 1. The highest BCUT2D eigenvalue weighted by Gasteiger charge is 2.36. The van der Waals surface area contributed by atoms with Crippen molar-refractivity contribution in [1.29, 1.82) is 5.41 Å². The quantitative estimate of drug-likeness (QED) is 0.297. The Morgan fingerprint density at radius 3 is 2.34 bits per heavy atom. The molecule has 1 atom stereocenters. The van der Waals surface area contributed by atoms with Crippen LogP contribution in [-0.4, -0.2) is 40.8 Å². The summed E-state index contributed by atoms with van der Waals surface area (Å²) in [6.45, 7) is 3.88. The van der Waals surface area contributed by atoms with E-state index in [4.69, 9.17) is 20.6 Å². The third-order valence-corrected chi connectivity index (χ3v) is 5.73. The zero-order valence-corrected chi connectivity index (χ0v) is 18.4. The number of nitrogen functional groups attached to an aromatic ring is 1. The molecule has 1 unspecified atom stereocenters. The van der Waals surface area contributed by atoms with Crippen LogP contribution in [0.3, 0.4) is 0 Å². The number of aliphatic hydroxyl groups is 1. The van der Waals surface area contributed by atoms with Gasteiger partial charge in [0.25, 0.3) is 0 Å². The molecule has 0 heterocycles. The summed E-state index contributed by atoms with van der Waals surface area (Å²) in [7, 11) is 0. The number of hydrogen-bond acceptors (Lipinski definition) is 6. The van der Waals surface area contributed by atoms with Crippen LogP contribution in [0.4, 0.5) is 5.69 Å². The van der Waals surface area contributed by atoms with E-state index in [0.29, 0.717) is 47.8 Å². The highest BCUT2D eigenvalue weighted by atomic mass is 16.5. The minimum Gasteiger partial charge on any atom is -0.494 e. The molecule has 0 saturated heterocycles. The SMILES string of the molecule is CCOc1cc(OC2CCC(O)CC2)cc(C(C)(Nc2ccc(C(=N)N)cc2)C(=O)O)c1. The first kappa shape index (κ1) is 23.4. The Hall–Kier alpha value is -3.26. The molecule has 8 heteroatoms. The summed E-state index contributed by atoms with van der Waals surface area (Å²) in [5.41, 5.74) is 5.65. The molecule has 2 aromatic rings. The molecule has 1 aliphatic rings. The van der Waals surface area contributed by atoms with Gasteiger partial charge < -0.3 is 30.7 Å². The van der Waals surface area contributed by atoms with Crippen molar-refractivity contribution in [3.63, 3.8) is 0 Å². The van der Waals surface area contributed by atoms with Crippen molar-refractivity contribution in [2.75, 3.05) is 11.9 Å². The zero-order valence-electron chi connectivity index (χ0n) is 18.4. The first-order chi connectivity index (χ1) is 15.2. The number of ether oxygens (including phenoxy) is 2. The van der Waals surface area contributed by atoms with Gasteiger partial charge in [-0.1, -0.05) is 0 Å². The fourth-order valence-electron chi connectivity index (χ4n) is 3.80. The molecule has 2 aromatic carbocycles. The summed E-state index contributed by atoms with van der Waals surface area (Å²) in [5, 5.41) is 30.5. The lowest BCUT2D eigenvalue weighted by atomic mass is 9.90. The van der Waals surface area contributed by atoms with Crippen molar-refractivity contribution in [2.45, 2.75) is 57.3 Å². The van der Waals surface area contributed by atoms with Gasteiger partial charge in [0.15, 0.2) is 5.54 Å². The summed E-state index contributed by atoms with van der Waals surface area (Å²) < 4.78 is 11.8. The fraction of sp³-hybridized carbons (Fsp3) is 0.417. The summed E-state index contributed by atoms with van der Waals surface area (Å²) in [6, 6.07) is 11.9. The number of rotatable bonds is 9. The van der Waals surface area contributed by atoms with E-state index in [0.717, 1.165) is 12.8 Å². The van der Waals surface area contributed by atoms with Crippen LogP contribution in [0.1, 0.15) is 50.7 Å². The number of hydrogen-bond donors (Lipinski definition) is 5. The monoisotopic (exact) mass is 441 g/mol. The summed E-state index contributed by atoms with van der Waals surface area (Å²) >= 11 is 0. The first-order valence-electron chi connectivity index (χ1n) is 10.8. The standard InChI is InChI=1S/C24H31N3O5/c1-3-31-20-12-16(13-21(14-20)32-19-10-8-18(28)9-11-19)24(2,23(29)30)27-17-6-4-15(5-7-17)22(25)26/h4-7,12-14,18-19,27-28H,3,8-11H2,1-2H3,(H3,25,26)(H,29,30). The average Bonchev–Trinajstić information content (AvgIpc) is 2.75. The maximum absolute atomic E-state index is 12.4. The van der Waals surface area contributed by atoms with Crippen LogP contribution in [-0.2, 0) is 10.3 Å². The Labute approximate surface area is 187 Å². The Morgan fingerprint density at radius 1 is 1.16 bits per heavy atom. The summed E-state index contributed by atoms with van der Waals surface area (Å²) in [4.78, 5) is 12.4. The number of nitrogens with one attached hydrogen (secondary N) is 2. The van der Waals surface area contributed by atoms with E-state index in [1.807, 2.05) is 6.92 Å². The lowest BCUT2D eigenvalue weighted by Gasteiger charge is -2.30. The number of aliphatic hydroxyl groups excluding tert-OH is 1. The number of carboxylic acids is 1. The van der Waals surface area contributed by atoms with Crippen LogP contribution in [0.15, 0.2) is 42.5 Å². The molecule has 0 aromatic heterocycles. The first-order valence-corrected chi connectivity index (χ1v) is 10.8. The van der Waals surface area contributed by atoms with Crippen molar-refractivity contribution >= 4 is 17.5 Å². The van der Waals surface area contributed by atoms with Gasteiger partial charge in [0, 0.05) is 17.3 Å². The van der Waals surface area contributed by atoms with E-state index in [1.165, 1.54) is 0 Å². The minimum atomic E-state index is -1.47. The topological polar surface area (TPSA) is 138 Å². The zero-order chi connectivity index (χ0) is 23.3. The molecule has 0 aliphatic heterocycles. The molecule has 6 N–H and O–H groups in total. The molecule has 172 valence electrons. The molecule has 0 bridgehead atoms. The number of anilines is 1. The van der Waals surface area contributed by atoms with Crippen LogP contribution >= 0.6 is 0 Å². The molecule has 1 aliphatic carbocycles. The molecular formula is C24H31N3O5. The molecule has 1 saturated carbocycles. The maximum Gasteiger partial charge on any atom is 0.333 e. The van der Waals surface area contributed by atoms with Crippen LogP contribution in [0, 0.1) is 5.41 Å². The Kier molecular flexibility index (Phi) is 7.25. The van der Waals surface area contributed by atoms with Crippen LogP contribution in [0.5, 0.6) is 11.5 Å². The van der Waals surface area contributed by atoms with E-state index in [-0.39, 0.29) is 18.0 Å². The largest absolute Gasteiger partial charge is 0.494 e. The van der Waals surface area contributed by atoms with Crippen LogP contribution < -0.4 is 20.5 Å². The van der Waals surface area contributed by atoms with Gasteiger partial charge in [0.2, 0.25) is 0 Å². The van der Waals surface area contributed by atoms with Crippen molar-refractivity contribution in [3.8, 4) is 11.5 Å². The van der Waals surface area contributed by atoms with E-state index in [9.17, 15) is 15.0 Å². The molecule has 0 spiro atoms. The number of aliphatic carboxylic acids is 1. The second-order valence-corrected chi connectivity index (χ2v) is 8.22. The minimum absolute atomic E-state index is 0.0358. The van der Waals surface area contributed by atoms with Gasteiger partial charge in [0.1, 0.15) is 17.3 Å². The van der Waals surface area contributed by atoms with E-state index < -0.39 is 11.5 Å². The molecule has 8 nitrogen and oxygen atoms in total. The fourth-order valence-corrected chi connectivity index (χ4v) is 3.80. The van der Waals surface area contributed by atoms with Gasteiger partial charge in [-0.15, -0.1) is 0 Å². The third-order valence-electron chi connectivity index (χ3n) is 5.73. The van der Waals surface area contributed by atoms with Crippen molar-refractivity contribution in [1.82, 2.24) is 0 Å². The van der Waals surface area contributed by atoms with Crippen molar-refractivity contribution < 1.29 is 24.5 Å². The Balaban J connectivity index is 1.92. The molecule has 3 rings (SSSR count). The molecule has 0 amide bonds. The second kappa shape index (κ2) is 9.91. The van der Waals surface area contributed by atoms with Gasteiger partial charge in [0.05, 0.1) is 18.8 Å². The van der Waals surface area contributed by atoms with E-state index >= 15 is 0 Å². The van der Waals surface area contributed by atoms with E-state index in [1.54, 1.807) is 49.4 Å². The number of benzene rings is 2. The predicted octanol–water partition coefficient (Wildman–Crippen LogP) is 3.46. The van der Waals surface area contributed by atoms with Crippen molar-refractivity contribution in [2.24, 2.45) is 5.73 Å². The normalized spacial score (nSPS) is 20.1. The van der Waals surface area contributed by atoms with Gasteiger partial charge in [-0.25, -0.2) is 4.79 Å². The maximum atomic E-state index is 12.4. The van der Waals surface area contributed by atoms with Gasteiger partial charge >= 0.3 is 5.97 Å². The number of carbonyl (C=O) groups is 1. The van der Waals surface area contributed by atoms with Crippen molar-refractivity contribution in [3.05, 3.63) is 53.6 Å². The van der Waals surface area contributed by atoms with Crippen LogP contribution in [0.25, 0.3) is 0 Å². The number of amidine groups is 1. The predicted molar refractivity (Wildman–Crippen MR) is 123 cm³/mol. The lowest BCUT2D eigenvalue weighted by molar-refractivity contribution is -0.142. The Bertz CT molecular complexity index is 955. The highest BCUT2D eigenvalue weighted by molar-refractivity contribution is 5.95.